The third-order valence-electron chi connectivity index (χ3n) is 2.76. The van der Waals surface area contributed by atoms with E-state index in [0.29, 0.717) is 0 Å². The van der Waals surface area contributed by atoms with E-state index in [-0.39, 0.29) is 5.78 Å². The van der Waals surface area contributed by atoms with Crippen LogP contribution in [0, 0.1) is 5.41 Å². The Morgan fingerprint density at radius 2 is 1.47 bits per heavy atom. The summed E-state index contributed by atoms with van der Waals surface area (Å²) in [5, 5.41) is 0. The molecule has 0 aromatic heterocycles. The molecule has 4 heteroatoms. The molecule has 0 bridgehead atoms. The van der Waals surface area contributed by atoms with Crippen LogP contribution in [0.15, 0.2) is 0 Å². The molecule has 0 N–H and O–H groups in total. The van der Waals surface area contributed by atoms with Gasteiger partial charge in [-0.1, -0.05) is 20.8 Å². The van der Waals surface area contributed by atoms with E-state index in [1.165, 1.54) is 11.8 Å². The fourth-order valence-electron chi connectivity index (χ4n) is 1.02. The molecule has 0 rings (SSSR count). The average Bonchev–Trinajstić information content (AvgIpc) is 2.01. The van der Waals surface area contributed by atoms with E-state index in [1.807, 2.05) is 20.8 Å². The summed E-state index contributed by atoms with van der Waals surface area (Å²) in [6.07, 6.45) is -0.498. The Balaban J connectivity index is 5.01. The molecule has 0 aliphatic rings. The first kappa shape index (κ1) is 13.9. The second-order valence-corrected chi connectivity index (χ2v) is 5.10. The predicted molar refractivity (Wildman–Crippen MR) is 58.7 cm³/mol. The van der Waals surface area contributed by atoms with Gasteiger partial charge in [-0.2, -0.15) is 0 Å². The largest absolute Gasteiger partial charge is 0.435 e. The number of amides is 1. The van der Waals surface area contributed by atoms with Crippen LogP contribution in [0.5, 0.6) is 0 Å². The average molecular weight is 215 g/mol. The Kier molecular flexibility index (Phi) is 3.91. The smallest absolute Gasteiger partial charge is 0.410 e. The predicted octanol–water partition coefficient (Wildman–Crippen LogP) is 2.08. The van der Waals surface area contributed by atoms with Gasteiger partial charge in [0.2, 0.25) is 0 Å². The number of Topliss-reactive ketones (excluding diaryl/α,β-unsaturated/α-hetero) is 1. The number of carbonyl (C=O) groups excluding carboxylic acids is 2. The monoisotopic (exact) mass is 215 g/mol. The fourth-order valence-corrected chi connectivity index (χ4v) is 1.02. The molecule has 0 heterocycles. The van der Waals surface area contributed by atoms with Gasteiger partial charge in [0.15, 0.2) is 11.4 Å². The van der Waals surface area contributed by atoms with E-state index in [1.54, 1.807) is 21.0 Å². The zero-order valence-corrected chi connectivity index (χ0v) is 10.7. The van der Waals surface area contributed by atoms with Crippen LogP contribution in [-0.2, 0) is 9.53 Å². The lowest BCUT2D eigenvalue weighted by atomic mass is 9.75. The lowest BCUT2D eigenvalue weighted by Gasteiger charge is -2.39. The number of carbonyl (C=O) groups is 2. The summed E-state index contributed by atoms with van der Waals surface area (Å²) in [6.45, 7) is 8.71. The van der Waals surface area contributed by atoms with Gasteiger partial charge in [0, 0.05) is 19.5 Å². The number of rotatable bonds is 2. The number of hydrogen-bond acceptors (Lipinski definition) is 3. The highest BCUT2D eigenvalue weighted by molar-refractivity contribution is 5.87. The van der Waals surface area contributed by atoms with Crippen LogP contribution in [0.3, 0.4) is 0 Å². The molecule has 0 spiro atoms. The molecule has 88 valence electrons. The van der Waals surface area contributed by atoms with Crippen LogP contribution in [0.4, 0.5) is 4.79 Å². The van der Waals surface area contributed by atoms with E-state index in [4.69, 9.17) is 4.74 Å². The van der Waals surface area contributed by atoms with E-state index >= 15 is 0 Å². The Hall–Kier alpha value is -1.06. The van der Waals surface area contributed by atoms with Gasteiger partial charge in [0.1, 0.15) is 0 Å². The molecule has 0 aliphatic carbocycles. The van der Waals surface area contributed by atoms with Gasteiger partial charge in [0.25, 0.3) is 0 Å². The molecule has 0 unspecified atom stereocenters. The van der Waals surface area contributed by atoms with E-state index in [9.17, 15) is 9.59 Å². The zero-order valence-electron chi connectivity index (χ0n) is 10.7. The molecular formula is C11H21NO3. The van der Waals surface area contributed by atoms with E-state index in [0.717, 1.165) is 0 Å². The number of nitrogens with zero attached hydrogens (tertiary/aromatic N) is 1. The minimum absolute atomic E-state index is 0.148. The van der Waals surface area contributed by atoms with Crippen LogP contribution >= 0.6 is 0 Å². The normalized spacial score (nSPS) is 15.4. The van der Waals surface area contributed by atoms with Crippen molar-refractivity contribution >= 4 is 11.9 Å². The van der Waals surface area contributed by atoms with Crippen molar-refractivity contribution in [2.24, 2.45) is 5.41 Å². The van der Waals surface area contributed by atoms with Gasteiger partial charge in [-0.15, -0.1) is 0 Å². The second-order valence-electron chi connectivity index (χ2n) is 5.10. The highest BCUT2D eigenvalue weighted by atomic mass is 16.6. The van der Waals surface area contributed by atoms with Gasteiger partial charge < -0.3 is 9.64 Å². The number of ether oxygens (including phenoxy) is 1. The molecule has 0 saturated heterocycles. The maximum atomic E-state index is 11.6. The molecule has 0 aromatic carbocycles. The molecule has 0 radical (unpaired) electrons. The van der Waals surface area contributed by atoms with Crippen molar-refractivity contribution < 1.29 is 14.3 Å². The van der Waals surface area contributed by atoms with Crippen LogP contribution in [0.25, 0.3) is 0 Å². The third kappa shape index (κ3) is 2.94. The van der Waals surface area contributed by atoms with E-state index in [2.05, 4.69) is 0 Å². The summed E-state index contributed by atoms with van der Waals surface area (Å²) in [5.41, 5.74) is -1.52. The number of hydrogen-bond donors (Lipinski definition) is 0. The van der Waals surface area contributed by atoms with Crippen molar-refractivity contribution in [3.8, 4) is 0 Å². The van der Waals surface area contributed by atoms with Gasteiger partial charge in [-0.05, 0) is 13.8 Å². The van der Waals surface area contributed by atoms with Crippen LogP contribution < -0.4 is 0 Å². The van der Waals surface area contributed by atoms with Crippen LogP contribution in [0.1, 0.15) is 34.6 Å². The summed E-state index contributed by atoms with van der Waals surface area (Å²) in [4.78, 5) is 24.3. The molecule has 1 amide bonds. The van der Waals surface area contributed by atoms with Crippen molar-refractivity contribution in [3.05, 3.63) is 0 Å². The SMILES string of the molecule is CC(=O)[C@](C)(OC(=O)N(C)C)C(C)(C)C. The maximum absolute atomic E-state index is 11.6. The first-order valence-electron chi connectivity index (χ1n) is 4.93. The molecule has 1 atom stereocenters. The van der Waals surface area contributed by atoms with Gasteiger partial charge in [0.05, 0.1) is 0 Å². The van der Waals surface area contributed by atoms with Crippen molar-refractivity contribution in [2.45, 2.75) is 40.2 Å². The summed E-state index contributed by atoms with van der Waals surface area (Å²) < 4.78 is 5.26. The Morgan fingerprint density at radius 3 is 1.67 bits per heavy atom. The number of ketones is 1. The van der Waals surface area contributed by atoms with Gasteiger partial charge >= 0.3 is 6.09 Å². The molecule has 15 heavy (non-hydrogen) atoms. The first-order chi connectivity index (χ1) is 6.52. The quantitative estimate of drug-likeness (QED) is 0.708. The fraction of sp³-hybridized carbons (Fsp3) is 0.818. The lowest BCUT2D eigenvalue weighted by Crippen LogP contribution is -2.51. The zero-order chi connectivity index (χ0) is 12.4. The van der Waals surface area contributed by atoms with E-state index < -0.39 is 17.1 Å². The summed E-state index contributed by atoms with van der Waals surface area (Å²) in [6, 6.07) is 0. The Labute approximate surface area is 91.6 Å². The third-order valence-corrected chi connectivity index (χ3v) is 2.76. The van der Waals surface area contributed by atoms with Crippen LogP contribution in [-0.4, -0.2) is 36.5 Å². The topological polar surface area (TPSA) is 46.6 Å². The summed E-state index contributed by atoms with van der Waals surface area (Å²) in [5.74, 6) is -0.148. The molecule has 4 nitrogen and oxygen atoms in total. The first-order valence-corrected chi connectivity index (χ1v) is 4.93. The minimum atomic E-state index is -1.09. The lowest BCUT2D eigenvalue weighted by molar-refractivity contribution is -0.145. The maximum Gasteiger partial charge on any atom is 0.410 e. The highest BCUT2D eigenvalue weighted by Crippen LogP contribution is 2.34. The molecule has 0 aromatic rings. The van der Waals surface area contributed by atoms with Crippen molar-refractivity contribution in [1.29, 1.82) is 0 Å². The van der Waals surface area contributed by atoms with Crippen LogP contribution in [0.2, 0.25) is 0 Å². The summed E-state index contributed by atoms with van der Waals surface area (Å²) >= 11 is 0. The molecular weight excluding hydrogens is 194 g/mol. The molecule has 0 aliphatic heterocycles. The van der Waals surface area contributed by atoms with Crippen molar-refractivity contribution in [1.82, 2.24) is 4.90 Å². The minimum Gasteiger partial charge on any atom is -0.435 e. The van der Waals surface area contributed by atoms with Crippen molar-refractivity contribution in [3.63, 3.8) is 0 Å². The standard InChI is InChI=1S/C11H21NO3/c1-8(13)11(5,10(2,3)4)15-9(14)12(6)7/h1-7H3/t11-/m0/s1. The Morgan fingerprint density at radius 1 is 1.07 bits per heavy atom. The molecule has 0 fully saturated rings. The van der Waals surface area contributed by atoms with Gasteiger partial charge in [-0.3, -0.25) is 4.79 Å². The summed E-state index contributed by atoms with van der Waals surface area (Å²) in [7, 11) is 3.18. The molecule has 0 saturated carbocycles. The second kappa shape index (κ2) is 4.21. The van der Waals surface area contributed by atoms with Gasteiger partial charge in [-0.25, -0.2) is 4.79 Å². The Bertz CT molecular complexity index is 265. The highest BCUT2D eigenvalue weighted by Gasteiger charge is 2.45. The van der Waals surface area contributed by atoms with Crippen molar-refractivity contribution in [2.75, 3.05) is 14.1 Å².